The van der Waals surface area contributed by atoms with E-state index in [0.29, 0.717) is 31.9 Å². The molecule has 1 aromatic rings. The molecule has 126 valence electrons. The van der Waals surface area contributed by atoms with Gasteiger partial charge in [0.15, 0.2) is 5.76 Å². The first-order valence-electron chi connectivity index (χ1n) is 7.93. The Labute approximate surface area is 134 Å². The molecule has 23 heavy (non-hydrogen) atoms. The summed E-state index contributed by atoms with van der Waals surface area (Å²) in [5.41, 5.74) is 0.301. The van der Waals surface area contributed by atoms with Crippen LogP contribution in [-0.2, 0) is 17.7 Å². The highest BCUT2D eigenvalue weighted by atomic mass is 16.6. The Morgan fingerprint density at radius 1 is 1.48 bits per heavy atom. The van der Waals surface area contributed by atoms with Gasteiger partial charge in [0.2, 0.25) is 0 Å². The highest BCUT2D eigenvalue weighted by molar-refractivity contribution is 5.75. The van der Waals surface area contributed by atoms with E-state index < -0.39 is 5.60 Å². The van der Waals surface area contributed by atoms with Crippen LogP contribution < -0.4 is 5.32 Å². The highest BCUT2D eigenvalue weighted by Gasteiger charge is 2.47. The van der Waals surface area contributed by atoms with Crippen molar-refractivity contribution in [2.45, 2.75) is 38.3 Å². The molecular formula is C15H22N4O4. The number of piperidine rings is 1. The van der Waals surface area contributed by atoms with E-state index in [1.807, 2.05) is 13.0 Å². The molecular weight excluding hydrogens is 300 g/mol. The quantitative estimate of drug-likeness (QED) is 0.908. The molecule has 3 heterocycles. The molecule has 1 N–H and O–H groups in total. The standard InChI is InChI=1S/C15H22N4O4/c1-3-11-7-12(23-17-11)8-16-13(20)19-6-4-5-15(10-19)9-18(2)14(21)22-15/h7H,3-6,8-10H2,1-2H3,(H,16,20). The lowest BCUT2D eigenvalue weighted by Gasteiger charge is -2.38. The van der Waals surface area contributed by atoms with Crippen LogP contribution in [0.1, 0.15) is 31.2 Å². The van der Waals surface area contributed by atoms with Gasteiger partial charge in [-0.2, -0.15) is 0 Å². The topological polar surface area (TPSA) is 87.9 Å². The number of carbonyl (C=O) groups excluding carboxylic acids is 2. The molecule has 1 unspecified atom stereocenters. The third-order valence-corrected chi connectivity index (χ3v) is 4.35. The van der Waals surface area contributed by atoms with E-state index >= 15 is 0 Å². The van der Waals surface area contributed by atoms with Gasteiger partial charge in [-0.05, 0) is 19.3 Å². The van der Waals surface area contributed by atoms with Crippen molar-refractivity contribution in [1.29, 1.82) is 0 Å². The monoisotopic (exact) mass is 322 g/mol. The average Bonchev–Trinajstić information content (AvgIpc) is 3.10. The van der Waals surface area contributed by atoms with Gasteiger partial charge >= 0.3 is 12.1 Å². The minimum absolute atomic E-state index is 0.177. The Hall–Kier alpha value is -2.25. The number of ether oxygens (including phenoxy) is 1. The molecule has 0 saturated carbocycles. The van der Waals surface area contributed by atoms with Gasteiger partial charge in [-0.25, -0.2) is 9.59 Å². The van der Waals surface area contributed by atoms with Crippen LogP contribution in [0.2, 0.25) is 0 Å². The van der Waals surface area contributed by atoms with Crippen LogP contribution in [0.5, 0.6) is 0 Å². The SMILES string of the molecule is CCc1cc(CNC(=O)N2CCCC3(CN(C)C(=O)O3)C2)on1. The number of carbonyl (C=O) groups is 2. The summed E-state index contributed by atoms with van der Waals surface area (Å²) in [6, 6.07) is 1.66. The maximum Gasteiger partial charge on any atom is 0.410 e. The van der Waals surface area contributed by atoms with Gasteiger partial charge in [-0.1, -0.05) is 12.1 Å². The fraction of sp³-hybridized carbons (Fsp3) is 0.667. The number of amides is 3. The van der Waals surface area contributed by atoms with E-state index in [1.165, 1.54) is 0 Å². The lowest BCUT2D eigenvalue weighted by atomic mass is 9.93. The Morgan fingerprint density at radius 2 is 2.30 bits per heavy atom. The number of likely N-dealkylation sites (tertiary alicyclic amines) is 1. The first-order valence-corrected chi connectivity index (χ1v) is 7.93. The van der Waals surface area contributed by atoms with E-state index in [1.54, 1.807) is 16.8 Å². The van der Waals surface area contributed by atoms with Crippen LogP contribution in [0.25, 0.3) is 0 Å². The van der Waals surface area contributed by atoms with Crippen molar-refractivity contribution >= 4 is 12.1 Å². The summed E-state index contributed by atoms with van der Waals surface area (Å²) in [4.78, 5) is 27.2. The van der Waals surface area contributed by atoms with Gasteiger partial charge in [0.25, 0.3) is 0 Å². The second-order valence-electron chi connectivity index (χ2n) is 6.23. The van der Waals surface area contributed by atoms with E-state index in [-0.39, 0.29) is 12.1 Å². The Balaban J connectivity index is 1.56. The molecule has 2 aliphatic rings. The number of aryl methyl sites for hydroxylation is 1. The third kappa shape index (κ3) is 3.25. The third-order valence-electron chi connectivity index (χ3n) is 4.35. The lowest BCUT2D eigenvalue weighted by Crippen LogP contribution is -2.54. The highest BCUT2D eigenvalue weighted by Crippen LogP contribution is 2.31. The lowest BCUT2D eigenvalue weighted by molar-refractivity contribution is 0.00312. The molecule has 0 aromatic carbocycles. The van der Waals surface area contributed by atoms with E-state index in [4.69, 9.17) is 9.26 Å². The zero-order valence-corrected chi connectivity index (χ0v) is 13.5. The Bertz CT molecular complexity index is 602. The van der Waals surface area contributed by atoms with Crippen LogP contribution >= 0.6 is 0 Å². The molecule has 3 rings (SSSR count). The van der Waals surface area contributed by atoms with Crippen molar-refractivity contribution < 1.29 is 18.8 Å². The maximum atomic E-state index is 12.3. The molecule has 1 atom stereocenters. The maximum absolute atomic E-state index is 12.3. The smallest absolute Gasteiger partial charge is 0.410 e. The van der Waals surface area contributed by atoms with Crippen LogP contribution in [0.15, 0.2) is 10.6 Å². The van der Waals surface area contributed by atoms with Crippen molar-refractivity contribution in [2.75, 3.05) is 26.7 Å². The molecule has 2 fully saturated rings. The zero-order chi connectivity index (χ0) is 16.4. The van der Waals surface area contributed by atoms with Gasteiger partial charge < -0.3 is 24.4 Å². The first-order chi connectivity index (χ1) is 11.0. The zero-order valence-electron chi connectivity index (χ0n) is 13.5. The van der Waals surface area contributed by atoms with Crippen molar-refractivity contribution in [3.8, 4) is 0 Å². The number of urea groups is 1. The normalized spacial score (nSPS) is 24.2. The fourth-order valence-electron chi connectivity index (χ4n) is 3.16. The minimum Gasteiger partial charge on any atom is -0.439 e. The van der Waals surface area contributed by atoms with Crippen molar-refractivity contribution in [3.05, 3.63) is 17.5 Å². The summed E-state index contributed by atoms with van der Waals surface area (Å²) in [6.07, 6.45) is 2.08. The molecule has 2 saturated heterocycles. The first kappa shape index (κ1) is 15.6. The van der Waals surface area contributed by atoms with E-state index in [0.717, 1.165) is 25.0 Å². The fourth-order valence-corrected chi connectivity index (χ4v) is 3.16. The number of likely N-dealkylation sites (N-methyl/N-ethyl adjacent to an activating group) is 1. The Kier molecular flexibility index (Phi) is 4.14. The van der Waals surface area contributed by atoms with Gasteiger partial charge in [-0.3, -0.25) is 0 Å². The second kappa shape index (κ2) is 6.10. The molecule has 0 radical (unpaired) electrons. The molecule has 1 aromatic heterocycles. The largest absolute Gasteiger partial charge is 0.439 e. The van der Waals surface area contributed by atoms with Crippen LogP contribution in [0.4, 0.5) is 9.59 Å². The number of hydrogen-bond acceptors (Lipinski definition) is 5. The van der Waals surface area contributed by atoms with Crippen molar-refractivity contribution in [2.24, 2.45) is 0 Å². The summed E-state index contributed by atoms with van der Waals surface area (Å²) in [7, 11) is 1.71. The molecule has 8 heteroatoms. The van der Waals surface area contributed by atoms with Crippen LogP contribution in [0.3, 0.4) is 0 Å². The van der Waals surface area contributed by atoms with Crippen molar-refractivity contribution in [3.63, 3.8) is 0 Å². The van der Waals surface area contributed by atoms with Crippen molar-refractivity contribution in [1.82, 2.24) is 20.3 Å². The predicted octanol–water partition coefficient (Wildman–Crippen LogP) is 1.36. The number of nitrogens with one attached hydrogen (secondary N) is 1. The van der Waals surface area contributed by atoms with E-state index in [2.05, 4.69) is 10.5 Å². The molecule has 3 amide bonds. The summed E-state index contributed by atoms with van der Waals surface area (Å²) in [6.45, 7) is 3.90. The van der Waals surface area contributed by atoms with Gasteiger partial charge in [0, 0.05) is 19.7 Å². The molecule has 8 nitrogen and oxygen atoms in total. The van der Waals surface area contributed by atoms with Crippen LogP contribution in [-0.4, -0.2) is 59.4 Å². The number of hydrogen-bond donors (Lipinski definition) is 1. The second-order valence-corrected chi connectivity index (χ2v) is 6.23. The molecule has 0 aliphatic carbocycles. The summed E-state index contributed by atoms with van der Waals surface area (Å²) < 4.78 is 10.7. The van der Waals surface area contributed by atoms with Gasteiger partial charge in [0.05, 0.1) is 25.3 Å². The average molecular weight is 322 g/mol. The number of rotatable bonds is 3. The van der Waals surface area contributed by atoms with Crippen LogP contribution in [0, 0.1) is 0 Å². The van der Waals surface area contributed by atoms with Gasteiger partial charge in [0.1, 0.15) is 5.60 Å². The predicted molar refractivity (Wildman–Crippen MR) is 80.8 cm³/mol. The molecule has 0 bridgehead atoms. The molecule has 2 aliphatic heterocycles. The number of aromatic nitrogens is 1. The van der Waals surface area contributed by atoms with E-state index in [9.17, 15) is 9.59 Å². The minimum atomic E-state index is -0.566. The summed E-state index contributed by atoms with van der Waals surface area (Å²) >= 11 is 0. The number of nitrogens with zero attached hydrogens (tertiary/aromatic N) is 3. The summed E-state index contributed by atoms with van der Waals surface area (Å²) in [5.74, 6) is 0.633. The van der Waals surface area contributed by atoms with Gasteiger partial charge in [-0.15, -0.1) is 0 Å². The molecule has 1 spiro atoms. The summed E-state index contributed by atoms with van der Waals surface area (Å²) in [5, 5.41) is 6.73. The Morgan fingerprint density at radius 3 is 2.96 bits per heavy atom.